The highest BCUT2D eigenvalue weighted by Crippen LogP contribution is 2.34. The van der Waals surface area contributed by atoms with Crippen LogP contribution in [0.1, 0.15) is 62.7 Å². The Balaban J connectivity index is 1.21. The molecule has 0 bridgehead atoms. The van der Waals surface area contributed by atoms with E-state index in [2.05, 4.69) is 34.4 Å². The summed E-state index contributed by atoms with van der Waals surface area (Å²) in [7, 11) is -2.94. The van der Waals surface area contributed by atoms with Crippen LogP contribution in [-0.4, -0.2) is 72.4 Å². The Morgan fingerprint density at radius 1 is 1.15 bits per heavy atom. The Hall–Kier alpha value is -1.58. The molecule has 9 heteroatoms. The highest BCUT2D eigenvalue weighted by atomic mass is 32.2. The fraction of sp³-hybridized carbons (Fsp3) is 0.667. The van der Waals surface area contributed by atoms with E-state index in [1.807, 2.05) is 24.3 Å². The number of hydrogen-bond donors (Lipinski definition) is 2. The van der Waals surface area contributed by atoms with Crippen molar-refractivity contribution in [1.29, 1.82) is 0 Å². The van der Waals surface area contributed by atoms with Gasteiger partial charge >= 0.3 is 0 Å². The molecule has 1 aliphatic carbocycles. The van der Waals surface area contributed by atoms with Crippen LogP contribution in [0.2, 0.25) is 0 Å². The Bertz CT molecular complexity index is 956. The van der Waals surface area contributed by atoms with E-state index in [0.29, 0.717) is 24.2 Å². The molecule has 0 aromatic heterocycles. The third-order valence-electron chi connectivity index (χ3n) is 6.80. The summed E-state index contributed by atoms with van der Waals surface area (Å²) in [6.07, 6.45) is 7.60. The lowest BCUT2D eigenvalue weighted by Gasteiger charge is -2.37. The van der Waals surface area contributed by atoms with Crippen molar-refractivity contribution in [1.82, 2.24) is 10.2 Å². The molecule has 2 N–H and O–H groups in total. The van der Waals surface area contributed by atoms with Crippen LogP contribution in [0.25, 0.3) is 0 Å². The van der Waals surface area contributed by atoms with Crippen LogP contribution in [0, 0.1) is 0 Å². The van der Waals surface area contributed by atoms with Crippen LogP contribution in [0.5, 0.6) is 0 Å². The molecular weight excluding hydrogens is 456 g/mol. The van der Waals surface area contributed by atoms with Gasteiger partial charge in [0.15, 0.2) is 15.0 Å². The molecule has 1 aromatic carbocycles. The van der Waals surface area contributed by atoms with Crippen molar-refractivity contribution in [3.8, 4) is 0 Å². The molecule has 182 valence electrons. The van der Waals surface area contributed by atoms with Gasteiger partial charge in [0, 0.05) is 41.7 Å². The molecule has 2 atom stereocenters. The summed E-state index contributed by atoms with van der Waals surface area (Å²) in [4.78, 5) is 19.7. The summed E-state index contributed by atoms with van der Waals surface area (Å²) in [6, 6.07) is 8.45. The number of aliphatic imine (C=N–C) groups is 1. The fourth-order valence-corrected chi connectivity index (χ4v) is 8.76. The number of carbonyl (C=O) groups excluding carboxylic acids is 1. The quantitative estimate of drug-likeness (QED) is 0.540. The van der Waals surface area contributed by atoms with Crippen molar-refractivity contribution in [2.75, 3.05) is 29.9 Å². The number of fused-ring (bicyclic) bond motifs is 1. The Morgan fingerprint density at radius 2 is 1.88 bits per heavy atom. The van der Waals surface area contributed by atoms with E-state index in [1.54, 1.807) is 0 Å². The number of benzene rings is 1. The second-order valence-corrected chi connectivity index (χ2v) is 13.1. The van der Waals surface area contributed by atoms with Gasteiger partial charge in [0.1, 0.15) is 0 Å². The molecule has 2 heterocycles. The van der Waals surface area contributed by atoms with Crippen molar-refractivity contribution in [3.63, 3.8) is 0 Å². The van der Waals surface area contributed by atoms with Crippen LogP contribution < -0.4 is 10.6 Å². The predicted molar refractivity (Wildman–Crippen MR) is 137 cm³/mol. The molecule has 2 aliphatic heterocycles. The van der Waals surface area contributed by atoms with Crippen molar-refractivity contribution in [2.45, 2.75) is 75.7 Å². The average Bonchev–Trinajstić information content (AvgIpc) is 3.26. The number of thioether (sulfide) groups is 1. The fourth-order valence-electron chi connectivity index (χ4n) is 5.09. The highest BCUT2D eigenvalue weighted by Gasteiger charge is 2.42. The first-order chi connectivity index (χ1) is 15.8. The molecule has 1 saturated carbocycles. The lowest BCUT2D eigenvalue weighted by Crippen LogP contribution is -2.43. The van der Waals surface area contributed by atoms with Crippen LogP contribution in [-0.2, 0) is 9.84 Å². The van der Waals surface area contributed by atoms with E-state index in [-0.39, 0.29) is 28.7 Å². The summed E-state index contributed by atoms with van der Waals surface area (Å²) in [5.74, 6) is 0.290. The van der Waals surface area contributed by atoms with Crippen LogP contribution >= 0.6 is 11.8 Å². The minimum atomic E-state index is -2.94. The molecule has 0 spiro atoms. The Kier molecular flexibility index (Phi) is 8.02. The second-order valence-electron chi connectivity index (χ2n) is 9.67. The summed E-state index contributed by atoms with van der Waals surface area (Å²) in [5.41, 5.74) is 1.48. The smallest absolute Gasteiger partial charge is 0.251 e. The molecular formula is C24H36N4O3S2. The first-order valence-electron chi connectivity index (χ1n) is 12.2. The summed E-state index contributed by atoms with van der Waals surface area (Å²) in [6.45, 7) is 6.24. The zero-order valence-electron chi connectivity index (χ0n) is 19.6. The first kappa shape index (κ1) is 24.5. The van der Waals surface area contributed by atoms with Crippen molar-refractivity contribution < 1.29 is 13.2 Å². The lowest BCUT2D eigenvalue weighted by atomic mass is 9.93. The monoisotopic (exact) mass is 492 g/mol. The number of amides is 1. The van der Waals surface area contributed by atoms with Gasteiger partial charge in [0.05, 0.1) is 17.5 Å². The molecule has 1 amide bonds. The number of sulfone groups is 1. The number of nitrogens with one attached hydrogen (secondary N) is 2. The summed E-state index contributed by atoms with van der Waals surface area (Å²) < 4.78 is 23.4. The van der Waals surface area contributed by atoms with E-state index < -0.39 is 9.84 Å². The minimum absolute atomic E-state index is 0.0206. The van der Waals surface area contributed by atoms with Crippen LogP contribution in [0.15, 0.2) is 29.3 Å². The number of rotatable bonds is 8. The van der Waals surface area contributed by atoms with Crippen LogP contribution in [0.4, 0.5) is 5.69 Å². The molecule has 0 unspecified atom stereocenters. The third kappa shape index (κ3) is 6.51. The highest BCUT2D eigenvalue weighted by molar-refractivity contribution is 8.15. The van der Waals surface area contributed by atoms with E-state index in [1.165, 1.54) is 43.9 Å². The number of nitrogens with zero attached hydrogens (tertiary/aromatic N) is 2. The summed E-state index contributed by atoms with van der Waals surface area (Å²) >= 11 is 1.49. The van der Waals surface area contributed by atoms with Crippen LogP contribution in [0.3, 0.4) is 0 Å². The maximum Gasteiger partial charge on any atom is 0.251 e. The van der Waals surface area contributed by atoms with Gasteiger partial charge in [-0.3, -0.25) is 14.7 Å². The van der Waals surface area contributed by atoms with Gasteiger partial charge in [-0.1, -0.05) is 31.0 Å². The van der Waals surface area contributed by atoms with E-state index >= 15 is 0 Å². The third-order valence-corrected chi connectivity index (χ3v) is 9.94. The minimum Gasteiger partial charge on any atom is -0.352 e. The normalized spacial score (nSPS) is 24.7. The van der Waals surface area contributed by atoms with Gasteiger partial charge in [-0.2, -0.15) is 0 Å². The number of anilines is 1. The molecule has 2 fully saturated rings. The number of carbonyl (C=O) groups is 1. The van der Waals surface area contributed by atoms with Crippen molar-refractivity contribution >= 4 is 38.4 Å². The topological polar surface area (TPSA) is 90.9 Å². The Morgan fingerprint density at radius 3 is 2.55 bits per heavy atom. The Labute approximate surface area is 202 Å². The zero-order valence-corrected chi connectivity index (χ0v) is 21.3. The van der Waals surface area contributed by atoms with Gasteiger partial charge in [0.2, 0.25) is 0 Å². The van der Waals surface area contributed by atoms with Crippen molar-refractivity contribution in [3.05, 3.63) is 29.8 Å². The first-order valence-corrected chi connectivity index (χ1v) is 14.9. The second kappa shape index (κ2) is 10.8. The standard InChI is InChI=1S/C24H36N4O3S2/c1-17(2)28(20-7-4-3-5-8-20)14-6-13-25-23(29)18-9-11-19(12-10-18)26-24-27-21-15-33(30,31)16-22(21)32-24/h9-12,17,20-22H,3-8,13-16H2,1-2H3,(H,25,29)(H,26,27)/t21-,22-/m1/s1. The molecule has 1 aromatic rings. The largest absolute Gasteiger partial charge is 0.352 e. The zero-order chi connectivity index (χ0) is 23.4. The van der Waals surface area contributed by atoms with Crippen molar-refractivity contribution in [2.24, 2.45) is 4.99 Å². The van der Waals surface area contributed by atoms with Gasteiger partial charge in [-0.15, -0.1) is 0 Å². The molecule has 3 aliphatic rings. The maximum absolute atomic E-state index is 12.5. The predicted octanol–water partition coefficient (Wildman–Crippen LogP) is 3.53. The van der Waals surface area contributed by atoms with Gasteiger partial charge in [0.25, 0.3) is 5.91 Å². The number of amidine groups is 1. The maximum atomic E-state index is 12.5. The molecule has 4 rings (SSSR count). The summed E-state index contributed by atoms with van der Waals surface area (Å²) in [5, 5.41) is 7.08. The van der Waals surface area contributed by atoms with E-state index in [4.69, 9.17) is 0 Å². The van der Waals surface area contributed by atoms with Gasteiger partial charge < -0.3 is 10.6 Å². The SMILES string of the molecule is CC(C)N(CCCNC(=O)c1ccc(NC2=N[C@@H]3CS(=O)(=O)C[C@H]3S2)cc1)C1CCCCC1. The molecule has 1 saturated heterocycles. The molecule has 33 heavy (non-hydrogen) atoms. The van der Waals surface area contributed by atoms with Gasteiger partial charge in [-0.25, -0.2) is 8.42 Å². The number of hydrogen-bond acceptors (Lipinski definition) is 7. The lowest BCUT2D eigenvalue weighted by molar-refractivity contribution is 0.0942. The van der Waals surface area contributed by atoms with E-state index in [9.17, 15) is 13.2 Å². The molecule has 0 radical (unpaired) electrons. The molecule has 7 nitrogen and oxygen atoms in total. The average molecular weight is 493 g/mol. The van der Waals surface area contributed by atoms with E-state index in [0.717, 1.165) is 23.8 Å². The van der Waals surface area contributed by atoms with Gasteiger partial charge in [-0.05, 0) is 57.4 Å².